The molecule has 2 unspecified atom stereocenters. The van der Waals surface area contributed by atoms with Crippen LogP contribution in [0, 0.1) is 16.2 Å². The van der Waals surface area contributed by atoms with Gasteiger partial charge in [0.25, 0.3) is 0 Å². The maximum Gasteiger partial charge on any atom is 0.0566 e. The Morgan fingerprint density at radius 2 is 0.655 bits per heavy atom. The SMILES string of the molecule is CCCCCCCCC1(CCCCCCCC)c2cc(N(c3ccc(-c4ccccc4)cc3)c3cccc4c3-c3ccccc3C4(CCCCOCC(C)(C)CC)CCCCOCC3(CC)COC3)ccc2-c2ccc(N(c3ccc(-c4ccccc4)cc3)c3cccc4c3-c3ccccc3C4(CCCC)CCCOCC3(CC)COC3)cc21. The highest BCUT2D eigenvalue weighted by Gasteiger charge is 2.49. The molecule has 5 aliphatic rings. The number of ether oxygens (including phenoxy) is 5. The van der Waals surface area contributed by atoms with Crippen LogP contribution in [0.1, 0.15) is 269 Å². The van der Waals surface area contributed by atoms with Gasteiger partial charge in [0.2, 0.25) is 0 Å². The fourth-order valence-corrected chi connectivity index (χ4v) is 21.0. The van der Waals surface area contributed by atoms with E-state index < -0.39 is 0 Å². The lowest BCUT2D eigenvalue weighted by Gasteiger charge is -2.40. The predicted molar refractivity (Wildman–Crippen MR) is 501 cm³/mol. The molecule has 3 aliphatic carbocycles. The van der Waals surface area contributed by atoms with Gasteiger partial charge in [-0.25, -0.2) is 0 Å². The summed E-state index contributed by atoms with van der Waals surface area (Å²) in [6.45, 7) is 26.5. The average Bonchev–Trinajstić information content (AvgIpc) is 1.55. The molecule has 0 N–H and O–H groups in total. The van der Waals surface area contributed by atoms with Crippen LogP contribution in [-0.2, 0) is 39.9 Å². The van der Waals surface area contributed by atoms with Gasteiger partial charge in [-0.3, -0.25) is 0 Å². The number of benzene rings is 10. The summed E-state index contributed by atoms with van der Waals surface area (Å²) in [6, 6.07) is 90.5. The Morgan fingerprint density at radius 1 is 0.303 bits per heavy atom. The molecule has 0 bridgehead atoms. The molecule has 119 heavy (non-hydrogen) atoms. The molecule has 15 rings (SSSR count). The third-order valence-corrected chi connectivity index (χ3v) is 28.8. The first-order chi connectivity index (χ1) is 58.4. The van der Waals surface area contributed by atoms with E-state index in [4.69, 9.17) is 23.7 Å². The van der Waals surface area contributed by atoms with Crippen LogP contribution in [0.5, 0.6) is 0 Å². The smallest absolute Gasteiger partial charge is 0.0566 e. The number of unbranched alkanes of at least 4 members (excludes halogenated alkanes) is 13. The summed E-state index contributed by atoms with van der Waals surface area (Å²) in [5, 5.41) is 0. The Labute approximate surface area is 716 Å². The minimum Gasteiger partial charge on any atom is -0.381 e. The Morgan fingerprint density at radius 3 is 1.08 bits per heavy atom. The maximum atomic E-state index is 6.68. The highest BCUT2D eigenvalue weighted by molar-refractivity contribution is 5.99. The van der Waals surface area contributed by atoms with E-state index in [-0.39, 0.29) is 32.5 Å². The van der Waals surface area contributed by atoms with Gasteiger partial charge >= 0.3 is 0 Å². The van der Waals surface area contributed by atoms with Crippen molar-refractivity contribution in [3.8, 4) is 55.6 Å². The van der Waals surface area contributed by atoms with Crippen molar-refractivity contribution in [3.63, 3.8) is 0 Å². The predicted octanol–water partition coefficient (Wildman–Crippen LogP) is 30.9. The van der Waals surface area contributed by atoms with Crippen LogP contribution in [0.15, 0.2) is 231 Å². The van der Waals surface area contributed by atoms with Gasteiger partial charge < -0.3 is 33.5 Å². The van der Waals surface area contributed by atoms with E-state index >= 15 is 0 Å². The van der Waals surface area contributed by atoms with E-state index in [2.05, 4.69) is 296 Å². The van der Waals surface area contributed by atoms with Crippen molar-refractivity contribution < 1.29 is 23.7 Å². The van der Waals surface area contributed by atoms with Crippen LogP contribution in [0.2, 0.25) is 0 Å². The standard InChI is InChI=1S/C112H138N2O5/c1-9-15-18-20-22-34-68-112(69-35-23-21-19-16-10-2)101-76-91(113(89-59-55-87(56-60-89)85-43-26-24-27-44-85)103-53-40-51-99-105(103)95-47-30-32-49-97(95)110(99,67-17-11-3)72-42-75-117-80-109(14-6)83-119-84-109)63-65-93(101)94-66-64-92(77-102(94)112)114(90-61-57-88(58-62-90)86-45-28-25-29-46-86)104-54-41-52-100-106(104)96-48-31-33-50-98(96)111(100,70-36-38-73-115-78-107(7,8)12-4)71-37-39-74-116-79-108(13-5)81-118-82-108/h24-33,40-41,43-66,76-77H,9-23,34-39,42,67-75,78-84H2,1-8H3. The third kappa shape index (κ3) is 18.3. The second-order valence-corrected chi connectivity index (χ2v) is 37.2. The van der Waals surface area contributed by atoms with Crippen LogP contribution < -0.4 is 9.80 Å². The molecule has 10 aromatic carbocycles. The zero-order valence-electron chi connectivity index (χ0n) is 73.7. The van der Waals surface area contributed by atoms with Gasteiger partial charge in [-0.05, 0) is 234 Å². The Hall–Kier alpha value is -8.40. The van der Waals surface area contributed by atoms with Gasteiger partial charge in [0.15, 0.2) is 0 Å². The third-order valence-electron chi connectivity index (χ3n) is 28.8. The van der Waals surface area contributed by atoms with Crippen molar-refractivity contribution in [1.29, 1.82) is 0 Å². The number of fused-ring (bicyclic) bond motifs is 9. The van der Waals surface area contributed by atoms with Gasteiger partial charge in [-0.1, -0.05) is 315 Å². The van der Waals surface area contributed by atoms with E-state index in [9.17, 15) is 0 Å². The molecule has 0 spiro atoms. The monoisotopic (exact) mass is 1590 g/mol. The lowest BCUT2D eigenvalue weighted by atomic mass is 9.70. The van der Waals surface area contributed by atoms with Crippen LogP contribution in [0.4, 0.5) is 34.1 Å². The molecular formula is C112H138N2O5. The minimum absolute atomic E-state index is 0.155. The van der Waals surface area contributed by atoms with Crippen LogP contribution in [0.3, 0.4) is 0 Å². The van der Waals surface area contributed by atoms with E-state index in [0.717, 1.165) is 174 Å². The Bertz CT molecular complexity index is 4870. The summed E-state index contributed by atoms with van der Waals surface area (Å²) >= 11 is 0. The molecule has 2 fully saturated rings. The quantitative estimate of drug-likeness (QED) is 0.0352. The molecule has 2 heterocycles. The van der Waals surface area contributed by atoms with E-state index in [1.165, 1.54) is 195 Å². The number of rotatable bonds is 48. The Kier molecular flexibility index (Phi) is 28.5. The molecule has 0 amide bonds. The van der Waals surface area contributed by atoms with Crippen LogP contribution >= 0.6 is 0 Å². The van der Waals surface area contributed by atoms with Crippen molar-refractivity contribution in [2.24, 2.45) is 16.2 Å². The number of hydrogen-bond acceptors (Lipinski definition) is 7. The molecule has 0 saturated carbocycles. The maximum absolute atomic E-state index is 6.68. The molecule has 2 aliphatic heterocycles. The summed E-state index contributed by atoms with van der Waals surface area (Å²) in [5.74, 6) is 0. The molecule has 626 valence electrons. The van der Waals surface area contributed by atoms with Gasteiger partial charge in [-0.2, -0.15) is 0 Å². The minimum atomic E-state index is -0.286. The summed E-state index contributed by atoms with van der Waals surface area (Å²) in [7, 11) is 0. The van der Waals surface area contributed by atoms with Crippen molar-refractivity contribution in [3.05, 3.63) is 264 Å². The highest BCUT2D eigenvalue weighted by atomic mass is 16.5. The largest absolute Gasteiger partial charge is 0.381 e. The summed E-state index contributed by atoms with van der Waals surface area (Å²) < 4.78 is 31.3. The van der Waals surface area contributed by atoms with E-state index in [1.54, 1.807) is 0 Å². The zero-order valence-corrected chi connectivity index (χ0v) is 73.7. The van der Waals surface area contributed by atoms with Gasteiger partial charge in [-0.15, -0.1) is 0 Å². The normalized spacial score (nSPS) is 17.4. The fourth-order valence-electron chi connectivity index (χ4n) is 21.0. The lowest BCUT2D eigenvalue weighted by Crippen LogP contribution is -2.45. The van der Waals surface area contributed by atoms with Crippen LogP contribution in [0.25, 0.3) is 55.6 Å². The summed E-state index contributed by atoms with van der Waals surface area (Å²) in [6.07, 6.45) is 32.0. The summed E-state index contributed by atoms with van der Waals surface area (Å²) in [5.41, 5.74) is 29.0. The van der Waals surface area contributed by atoms with E-state index in [1.807, 2.05) is 0 Å². The molecule has 0 radical (unpaired) electrons. The number of anilines is 6. The topological polar surface area (TPSA) is 52.6 Å². The molecule has 0 aromatic heterocycles. The van der Waals surface area contributed by atoms with Crippen molar-refractivity contribution in [2.45, 2.75) is 251 Å². The fraction of sp³-hybridized carbons (Fsp3) is 0.464. The van der Waals surface area contributed by atoms with Crippen LogP contribution in [-0.4, -0.2) is 66.1 Å². The van der Waals surface area contributed by atoms with E-state index in [0.29, 0.717) is 0 Å². The highest BCUT2D eigenvalue weighted by Crippen LogP contribution is 2.63. The second kappa shape index (κ2) is 39.6. The summed E-state index contributed by atoms with van der Waals surface area (Å²) in [4.78, 5) is 5.37. The first-order valence-electron chi connectivity index (χ1n) is 47.0. The number of hydrogen-bond donors (Lipinski definition) is 0. The molecule has 2 saturated heterocycles. The second-order valence-electron chi connectivity index (χ2n) is 37.2. The van der Waals surface area contributed by atoms with Crippen molar-refractivity contribution in [1.82, 2.24) is 0 Å². The molecular weight excluding hydrogens is 1450 g/mol. The van der Waals surface area contributed by atoms with Gasteiger partial charge in [0, 0.05) is 80.8 Å². The average molecular weight is 1590 g/mol. The van der Waals surface area contributed by atoms with Gasteiger partial charge in [0.05, 0.1) is 57.6 Å². The van der Waals surface area contributed by atoms with Gasteiger partial charge in [0.1, 0.15) is 0 Å². The molecule has 7 nitrogen and oxygen atoms in total. The number of nitrogens with zero attached hydrogens (tertiary/aromatic N) is 2. The molecule has 10 aromatic rings. The molecule has 7 heteroatoms. The van der Waals surface area contributed by atoms with Crippen molar-refractivity contribution >= 4 is 34.1 Å². The first kappa shape index (κ1) is 85.6. The zero-order chi connectivity index (χ0) is 82.1. The lowest BCUT2D eigenvalue weighted by molar-refractivity contribution is -0.150. The first-order valence-corrected chi connectivity index (χ1v) is 47.0. The van der Waals surface area contributed by atoms with Crippen molar-refractivity contribution in [2.75, 3.05) is 75.9 Å². The molecule has 2 atom stereocenters. The Balaban J connectivity index is 0.884.